The van der Waals surface area contributed by atoms with Gasteiger partial charge in [-0.1, -0.05) is 25.5 Å². The average molecular weight is 138 g/mol. The fraction of sp³-hybridized carbons (Fsp3) is 0.800. The van der Waals surface area contributed by atoms with E-state index in [1.165, 1.54) is 25.7 Å². The van der Waals surface area contributed by atoms with E-state index in [2.05, 4.69) is 26.8 Å². The summed E-state index contributed by atoms with van der Waals surface area (Å²) >= 11 is 0. The summed E-state index contributed by atoms with van der Waals surface area (Å²) < 4.78 is 0. The van der Waals surface area contributed by atoms with Gasteiger partial charge >= 0.3 is 0 Å². The number of hydrogen-bond donors (Lipinski definition) is 0. The number of rotatable bonds is 1. The van der Waals surface area contributed by atoms with Crippen LogP contribution in [0, 0.1) is 5.41 Å². The maximum absolute atomic E-state index is 2.47. The van der Waals surface area contributed by atoms with Crippen LogP contribution in [-0.4, -0.2) is 0 Å². The summed E-state index contributed by atoms with van der Waals surface area (Å²) in [7, 11) is 0. The summed E-state index contributed by atoms with van der Waals surface area (Å²) in [5.41, 5.74) is 2.12. The van der Waals surface area contributed by atoms with Gasteiger partial charge < -0.3 is 0 Å². The lowest BCUT2D eigenvalue weighted by atomic mass is 9.76. The third-order valence-electron chi connectivity index (χ3n) is 2.72. The van der Waals surface area contributed by atoms with E-state index in [4.69, 9.17) is 0 Å². The van der Waals surface area contributed by atoms with Crippen molar-refractivity contribution in [3.8, 4) is 0 Å². The van der Waals surface area contributed by atoms with Crippen LogP contribution in [-0.2, 0) is 0 Å². The van der Waals surface area contributed by atoms with E-state index in [-0.39, 0.29) is 0 Å². The highest BCUT2D eigenvalue weighted by Crippen LogP contribution is 2.35. The minimum atomic E-state index is 0.530. The molecule has 0 nitrogen and oxygen atoms in total. The van der Waals surface area contributed by atoms with Gasteiger partial charge in [0.25, 0.3) is 0 Å². The average Bonchev–Trinajstić information content (AvgIpc) is 1.88. The molecule has 1 rings (SSSR count). The highest BCUT2D eigenvalue weighted by molar-refractivity contribution is 5.09. The third kappa shape index (κ3) is 1.62. The highest BCUT2D eigenvalue weighted by Gasteiger charge is 2.21. The lowest BCUT2D eigenvalue weighted by molar-refractivity contribution is 0.346. The standard InChI is InChI=1S/C10H18/c1-4-10(3)7-5-6-9(2)8-10/h8H,4-7H2,1-3H3. The topological polar surface area (TPSA) is 0 Å². The first-order valence-electron chi connectivity index (χ1n) is 4.35. The van der Waals surface area contributed by atoms with Gasteiger partial charge in [-0.15, -0.1) is 0 Å². The zero-order chi connectivity index (χ0) is 7.61. The first-order valence-corrected chi connectivity index (χ1v) is 4.35. The highest BCUT2D eigenvalue weighted by atomic mass is 14.3. The molecule has 0 heterocycles. The van der Waals surface area contributed by atoms with Gasteiger partial charge in [-0.05, 0) is 38.0 Å². The molecule has 0 aromatic rings. The van der Waals surface area contributed by atoms with Crippen LogP contribution in [0.2, 0.25) is 0 Å². The van der Waals surface area contributed by atoms with Crippen molar-refractivity contribution < 1.29 is 0 Å². The van der Waals surface area contributed by atoms with Crippen molar-refractivity contribution in [1.29, 1.82) is 0 Å². The predicted octanol–water partition coefficient (Wildman–Crippen LogP) is 3.53. The third-order valence-corrected chi connectivity index (χ3v) is 2.72. The van der Waals surface area contributed by atoms with Crippen LogP contribution >= 0.6 is 0 Å². The van der Waals surface area contributed by atoms with Crippen molar-refractivity contribution in [2.45, 2.75) is 46.5 Å². The van der Waals surface area contributed by atoms with E-state index in [9.17, 15) is 0 Å². The second-order valence-corrected chi connectivity index (χ2v) is 3.85. The molecular formula is C10H18. The molecule has 0 fully saturated rings. The fourth-order valence-electron chi connectivity index (χ4n) is 1.79. The molecule has 0 bridgehead atoms. The van der Waals surface area contributed by atoms with Gasteiger partial charge in [0.1, 0.15) is 0 Å². The second-order valence-electron chi connectivity index (χ2n) is 3.85. The van der Waals surface area contributed by atoms with Crippen LogP contribution in [0.15, 0.2) is 11.6 Å². The van der Waals surface area contributed by atoms with Crippen molar-refractivity contribution in [3.05, 3.63) is 11.6 Å². The van der Waals surface area contributed by atoms with Gasteiger partial charge in [-0.2, -0.15) is 0 Å². The maximum atomic E-state index is 2.47. The molecule has 0 aromatic heterocycles. The molecule has 1 aliphatic carbocycles. The van der Waals surface area contributed by atoms with Gasteiger partial charge in [0.2, 0.25) is 0 Å². The number of allylic oxidation sites excluding steroid dienone is 2. The lowest BCUT2D eigenvalue weighted by Crippen LogP contribution is -2.15. The van der Waals surface area contributed by atoms with Crippen LogP contribution in [0.5, 0.6) is 0 Å². The summed E-state index contributed by atoms with van der Waals surface area (Å²) in [5, 5.41) is 0. The molecule has 0 aliphatic heterocycles. The maximum Gasteiger partial charge on any atom is -0.0146 e. The molecule has 0 aromatic carbocycles. The van der Waals surface area contributed by atoms with Crippen molar-refractivity contribution >= 4 is 0 Å². The van der Waals surface area contributed by atoms with E-state index in [0.29, 0.717) is 5.41 Å². The molecule has 0 heteroatoms. The molecule has 0 saturated heterocycles. The van der Waals surface area contributed by atoms with Crippen molar-refractivity contribution in [2.24, 2.45) is 5.41 Å². The summed E-state index contributed by atoms with van der Waals surface area (Å²) in [4.78, 5) is 0. The van der Waals surface area contributed by atoms with Crippen LogP contribution in [0.25, 0.3) is 0 Å². The SMILES string of the molecule is CCC1(C)C=C(C)CCC1. The zero-order valence-electron chi connectivity index (χ0n) is 7.41. The van der Waals surface area contributed by atoms with Gasteiger partial charge in [0.05, 0.1) is 0 Å². The summed E-state index contributed by atoms with van der Waals surface area (Å²) in [6, 6.07) is 0. The molecule has 0 spiro atoms. The lowest BCUT2D eigenvalue weighted by Gasteiger charge is -2.29. The van der Waals surface area contributed by atoms with Crippen molar-refractivity contribution in [1.82, 2.24) is 0 Å². The van der Waals surface area contributed by atoms with Crippen LogP contribution in [0.4, 0.5) is 0 Å². The van der Waals surface area contributed by atoms with Gasteiger partial charge in [0, 0.05) is 0 Å². The summed E-state index contributed by atoms with van der Waals surface area (Å²) in [6.45, 7) is 6.91. The molecule has 1 aliphatic rings. The molecule has 0 saturated carbocycles. The Morgan fingerprint density at radius 1 is 1.60 bits per heavy atom. The van der Waals surface area contributed by atoms with Gasteiger partial charge in [-0.3, -0.25) is 0 Å². The molecule has 1 atom stereocenters. The van der Waals surface area contributed by atoms with E-state index in [1.807, 2.05) is 0 Å². The second kappa shape index (κ2) is 2.77. The van der Waals surface area contributed by atoms with Crippen LogP contribution < -0.4 is 0 Å². The Kier molecular flexibility index (Phi) is 2.18. The van der Waals surface area contributed by atoms with E-state index >= 15 is 0 Å². The Morgan fingerprint density at radius 2 is 2.30 bits per heavy atom. The van der Waals surface area contributed by atoms with E-state index in [0.717, 1.165) is 0 Å². The summed E-state index contributed by atoms with van der Waals surface area (Å²) in [6.07, 6.45) is 7.88. The van der Waals surface area contributed by atoms with Crippen molar-refractivity contribution in [3.63, 3.8) is 0 Å². The van der Waals surface area contributed by atoms with E-state index < -0.39 is 0 Å². The summed E-state index contributed by atoms with van der Waals surface area (Å²) in [5.74, 6) is 0. The zero-order valence-corrected chi connectivity index (χ0v) is 7.41. The molecule has 10 heavy (non-hydrogen) atoms. The Hall–Kier alpha value is -0.260. The first kappa shape index (κ1) is 7.84. The Labute approximate surface area is 64.3 Å². The molecule has 58 valence electrons. The number of hydrogen-bond acceptors (Lipinski definition) is 0. The van der Waals surface area contributed by atoms with Crippen molar-refractivity contribution in [2.75, 3.05) is 0 Å². The Bertz CT molecular complexity index is 144. The molecular weight excluding hydrogens is 120 g/mol. The quantitative estimate of drug-likeness (QED) is 0.486. The fourth-order valence-corrected chi connectivity index (χ4v) is 1.79. The van der Waals surface area contributed by atoms with Crippen LogP contribution in [0.1, 0.15) is 46.5 Å². The van der Waals surface area contributed by atoms with Gasteiger partial charge in [0.15, 0.2) is 0 Å². The van der Waals surface area contributed by atoms with Gasteiger partial charge in [-0.25, -0.2) is 0 Å². The Balaban J connectivity index is 2.69. The van der Waals surface area contributed by atoms with Crippen LogP contribution in [0.3, 0.4) is 0 Å². The normalized spacial score (nSPS) is 33.7. The smallest absolute Gasteiger partial charge is 0.0146 e. The van der Waals surface area contributed by atoms with E-state index in [1.54, 1.807) is 5.57 Å². The molecule has 1 unspecified atom stereocenters. The predicted molar refractivity (Wildman–Crippen MR) is 46.0 cm³/mol. The molecule has 0 radical (unpaired) electrons. The largest absolute Gasteiger partial charge is 0.0797 e. The Morgan fingerprint density at radius 3 is 2.70 bits per heavy atom. The molecule has 0 amide bonds. The minimum absolute atomic E-state index is 0.530. The minimum Gasteiger partial charge on any atom is -0.0797 e. The molecule has 0 N–H and O–H groups in total. The monoisotopic (exact) mass is 138 g/mol. The first-order chi connectivity index (χ1) is 4.66.